The van der Waals surface area contributed by atoms with Crippen molar-refractivity contribution in [3.8, 4) is 0 Å². The van der Waals surface area contributed by atoms with E-state index in [0.717, 1.165) is 5.01 Å². The average Bonchev–Trinajstić information content (AvgIpc) is 2.95. The summed E-state index contributed by atoms with van der Waals surface area (Å²) in [5.74, 6) is -0.881. The van der Waals surface area contributed by atoms with Crippen LogP contribution in [0.25, 0.3) is 0 Å². The first-order chi connectivity index (χ1) is 11.0. The Morgan fingerprint density at radius 2 is 2.12 bits per heavy atom. The van der Waals surface area contributed by atoms with E-state index in [1.165, 1.54) is 11.3 Å². The fourth-order valence-corrected chi connectivity index (χ4v) is 3.06. The Labute approximate surface area is 155 Å². The fraction of sp³-hybridized carbons (Fsp3) is 0.267. The van der Waals surface area contributed by atoms with Crippen molar-refractivity contribution in [3.05, 3.63) is 50.9 Å². The zero-order valence-corrected chi connectivity index (χ0v) is 15.1. The summed E-state index contributed by atoms with van der Waals surface area (Å²) in [5, 5.41) is 5.76. The number of primary amides is 1. The van der Waals surface area contributed by atoms with E-state index in [4.69, 9.17) is 23.1 Å². The summed E-state index contributed by atoms with van der Waals surface area (Å²) in [5.41, 5.74) is 11.8. The van der Waals surface area contributed by atoms with Gasteiger partial charge in [0.1, 0.15) is 5.69 Å². The van der Waals surface area contributed by atoms with Crippen molar-refractivity contribution in [2.24, 2.45) is 11.5 Å². The molecule has 1 aromatic carbocycles. The Bertz CT molecular complexity index is 708. The van der Waals surface area contributed by atoms with Crippen LogP contribution >= 0.6 is 35.3 Å². The molecule has 1 aromatic heterocycles. The first-order valence-corrected chi connectivity index (χ1v) is 8.24. The van der Waals surface area contributed by atoms with E-state index < -0.39 is 11.9 Å². The van der Waals surface area contributed by atoms with Crippen LogP contribution in [-0.4, -0.2) is 23.3 Å². The van der Waals surface area contributed by atoms with Crippen LogP contribution in [0.3, 0.4) is 0 Å². The van der Waals surface area contributed by atoms with Crippen molar-refractivity contribution < 1.29 is 9.59 Å². The molecule has 6 nitrogen and oxygen atoms in total. The predicted octanol–water partition coefficient (Wildman–Crippen LogP) is 2.07. The number of amides is 2. The van der Waals surface area contributed by atoms with E-state index in [0.29, 0.717) is 29.2 Å². The Morgan fingerprint density at radius 1 is 1.38 bits per heavy atom. The summed E-state index contributed by atoms with van der Waals surface area (Å²) in [6.45, 7) is 0.474. The Balaban J connectivity index is 0.00000288. The van der Waals surface area contributed by atoms with Gasteiger partial charge in [0, 0.05) is 16.8 Å². The number of nitrogens with two attached hydrogens (primary N) is 2. The number of hydrogen-bond acceptors (Lipinski definition) is 5. The van der Waals surface area contributed by atoms with Crippen molar-refractivity contribution >= 4 is 47.2 Å². The molecule has 0 spiro atoms. The minimum atomic E-state index is -0.557. The van der Waals surface area contributed by atoms with E-state index in [9.17, 15) is 9.59 Å². The van der Waals surface area contributed by atoms with Gasteiger partial charge in [0.05, 0.1) is 17.5 Å². The topological polar surface area (TPSA) is 111 Å². The van der Waals surface area contributed by atoms with Crippen LogP contribution in [0, 0.1) is 0 Å². The number of thiazole rings is 1. The maximum atomic E-state index is 12.3. The van der Waals surface area contributed by atoms with Crippen LogP contribution in [0.1, 0.15) is 33.5 Å². The summed E-state index contributed by atoms with van der Waals surface area (Å²) in [6.07, 6.45) is 0.600. The lowest BCUT2D eigenvalue weighted by molar-refractivity contribution is -0.118. The quantitative estimate of drug-likeness (QED) is 0.673. The number of aromatic nitrogens is 1. The number of halogens is 2. The largest absolute Gasteiger partial charge is 0.370 e. The molecule has 0 radical (unpaired) electrons. The minimum absolute atomic E-state index is 0. The van der Waals surface area contributed by atoms with Gasteiger partial charge in [0.2, 0.25) is 5.91 Å². The number of carbonyl (C=O) groups excluding carboxylic acids is 2. The van der Waals surface area contributed by atoms with Gasteiger partial charge < -0.3 is 16.8 Å². The first-order valence-electron chi connectivity index (χ1n) is 6.98. The van der Waals surface area contributed by atoms with E-state index in [1.807, 2.05) is 0 Å². The van der Waals surface area contributed by atoms with Gasteiger partial charge in [-0.2, -0.15) is 0 Å². The number of rotatable bonds is 7. The summed E-state index contributed by atoms with van der Waals surface area (Å²) < 4.78 is 0. The molecule has 2 rings (SSSR count). The van der Waals surface area contributed by atoms with Gasteiger partial charge in [0.15, 0.2) is 0 Å². The monoisotopic (exact) mass is 388 g/mol. The van der Waals surface area contributed by atoms with E-state index in [2.05, 4.69) is 10.3 Å². The lowest BCUT2D eigenvalue weighted by Gasteiger charge is -2.17. The van der Waals surface area contributed by atoms with Gasteiger partial charge in [-0.1, -0.05) is 23.7 Å². The van der Waals surface area contributed by atoms with Gasteiger partial charge in [-0.3, -0.25) is 9.59 Å². The van der Waals surface area contributed by atoms with Gasteiger partial charge in [-0.15, -0.1) is 23.7 Å². The zero-order valence-electron chi connectivity index (χ0n) is 12.7. The van der Waals surface area contributed by atoms with E-state index in [1.54, 1.807) is 29.6 Å². The highest BCUT2D eigenvalue weighted by Gasteiger charge is 2.20. The minimum Gasteiger partial charge on any atom is -0.370 e. The molecule has 2 amide bonds. The van der Waals surface area contributed by atoms with Gasteiger partial charge >= 0.3 is 0 Å². The SMILES string of the molecule is Cl.NCCc1nc(C(=O)N[C@H](CC(N)=O)c2cccc(Cl)c2)cs1. The van der Waals surface area contributed by atoms with Crippen molar-refractivity contribution in [1.29, 1.82) is 0 Å². The van der Waals surface area contributed by atoms with E-state index >= 15 is 0 Å². The molecule has 24 heavy (non-hydrogen) atoms. The van der Waals surface area contributed by atoms with Crippen molar-refractivity contribution in [2.45, 2.75) is 18.9 Å². The second-order valence-electron chi connectivity index (χ2n) is 4.92. The summed E-state index contributed by atoms with van der Waals surface area (Å²) >= 11 is 7.34. The highest BCUT2D eigenvalue weighted by molar-refractivity contribution is 7.09. The van der Waals surface area contributed by atoms with Crippen LogP contribution in [0.4, 0.5) is 0 Å². The molecule has 0 aliphatic rings. The maximum Gasteiger partial charge on any atom is 0.271 e. The lowest BCUT2D eigenvalue weighted by Crippen LogP contribution is -2.32. The third-order valence-electron chi connectivity index (χ3n) is 3.10. The third kappa shape index (κ3) is 5.76. The van der Waals surface area contributed by atoms with Gasteiger partial charge in [-0.05, 0) is 24.2 Å². The molecule has 0 saturated carbocycles. The van der Waals surface area contributed by atoms with Crippen LogP contribution in [0.2, 0.25) is 5.02 Å². The first kappa shape index (κ1) is 20.4. The van der Waals surface area contributed by atoms with Gasteiger partial charge in [0.25, 0.3) is 5.91 Å². The molecular formula is C15H18Cl2N4O2S. The Morgan fingerprint density at radius 3 is 2.75 bits per heavy atom. The molecule has 0 aliphatic heterocycles. The molecule has 1 heterocycles. The van der Waals surface area contributed by atoms with E-state index in [-0.39, 0.29) is 24.7 Å². The second kappa shape index (κ2) is 9.58. The maximum absolute atomic E-state index is 12.3. The number of nitrogens with zero attached hydrogens (tertiary/aromatic N) is 1. The van der Waals surface area contributed by atoms with Crippen LogP contribution < -0.4 is 16.8 Å². The van der Waals surface area contributed by atoms with Gasteiger partial charge in [-0.25, -0.2) is 4.98 Å². The standard InChI is InChI=1S/C15H17ClN4O2S.ClH/c16-10-3-1-2-9(6-10)11(7-13(18)21)20-15(22)12-8-23-14(19-12)4-5-17;/h1-3,6,8,11H,4-5,7,17H2,(H2,18,21)(H,20,22);1H/t11-;/m1./s1. The molecule has 0 fully saturated rings. The number of nitrogens with one attached hydrogen (secondary N) is 1. The number of carbonyl (C=O) groups is 2. The molecular weight excluding hydrogens is 371 g/mol. The molecule has 0 aliphatic carbocycles. The van der Waals surface area contributed by atoms with Crippen molar-refractivity contribution in [2.75, 3.05) is 6.54 Å². The number of benzene rings is 1. The normalized spacial score (nSPS) is 11.4. The smallest absolute Gasteiger partial charge is 0.271 e. The van der Waals surface area contributed by atoms with Crippen molar-refractivity contribution in [3.63, 3.8) is 0 Å². The Hall–Kier alpha value is -1.67. The average molecular weight is 389 g/mol. The highest BCUT2D eigenvalue weighted by atomic mass is 35.5. The Kier molecular flexibility index (Phi) is 8.14. The predicted molar refractivity (Wildman–Crippen MR) is 97.6 cm³/mol. The second-order valence-corrected chi connectivity index (χ2v) is 6.30. The lowest BCUT2D eigenvalue weighted by atomic mass is 10.0. The van der Waals surface area contributed by atoms with Crippen LogP contribution in [0.15, 0.2) is 29.6 Å². The molecule has 130 valence electrons. The van der Waals surface area contributed by atoms with Crippen LogP contribution in [-0.2, 0) is 11.2 Å². The summed E-state index contributed by atoms with van der Waals surface area (Å²) in [6, 6.07) is 6.38. The molecule has 2 aromatic rings. The molecule has 0 unspecified atom stereocenters. The highest BCUT2D eigenvalue weighted by Crippen LogP contribution is 2.21. The summed E-state index contributed by atoms with van der Waals surface area (Å²) in [4.78, 5) is 27.8. The molecule has 9 heteroatoms. The number of hydrogen-bond donors (Lipinski definition) is 3. The molecule has 0 bridgehead atoms. The van der Waals surface area contributed by atoms with Crippen LogP contribution in [0.5, 0.6) is 0 Å². The fourth-order valence-electron chi connectivity index (χ4n) is 2.06. The molecule has 0 saturated heterocycles. The third-order valence-corrected chi connectivity index (χ3v) is 4.25. The van der Waals surface area contributed by atoms with Crippen molar-refractivity contribution in [1.82, 2.24) is 10.3 Å². The zero-order chi connectivity index (χ0) is 16.8. The molecule has 5 N–H and O–H groups in total. The summed E-state index contributed by atoms with van der Waals surface area (Å²) in [7, 11) is 0. The molecule has 1 atom stereocenters.